The number of halogens is 1. The van der Waals surface area contributed by atoms with Crippen LogP contribution >= 0.6 is 27.7 Å². The van der Waals surface area contributed by atoms with Crippen LogP contribution in [0.15, 0.2) is 53.0 Å². The van der Waals surface area contributed by atoms with Crippen molar-refractivity contribution in [1.82, 2.24) is 10.2 Å². The van der Waals surface area contributed by atoms with Gasteiger partial charge in [-0.3, -0.25) is 9.59 Å². The van der Waals surface area contributed by atoms with E-state index < -0.39 is 6.04 Å². The second-order valence-electron chi connectivity index (χ2n) is 6.64. The number of hydrogen-bond donors (Lipinski definition) is 1. The molecule has 2 aromatic carbocycles. The van der Waals surface area contributed by atoms with Gasteiger partial charge in [0.25, 0.3) is 0 Å². The van der Waals surface area contributed by atoms with E-state index in [-0.39, 0.29) is 11.8 Å². The van der Waals surface area contributed by atoms with Crippen molar-refractivity contribution in [3.8, 4) is 0 Å². The quantitative estimate of drug-likeness (QED) is 0.594. The van der Waals surface area contributed by atoms with E-state index in [9.17, 15) is 9.59 Å². The lowest BCUT2D eigenvalue weighted by Gasteiger charge is -2.28. The molecule has 2 rings (SSSR count). The van der Waals surface area contributed by atoms with E-state index in [0.29, 0.717) is 18.8 Å². The van der Waals surface area contributed by atoms with Gasteiger partial charge >= 0.3 is 0 Å². The number of benzene rings is 2. The molecular weight excluding hydrogens is 436 g/mol. The lowest BCUT2D eigenvalue weighted by Crippen LogP contribution is -2.48. The van der Waals surface area contributed by atoms with Gasteiger partial charge in [0.15, 0.2) is 0 Å². The van der Waals surface area contributed by atoms with Crippen molar-refractivity contribution in [2.45, 2.75) is 39.1 Å². The fraction of sp³-hybridized carbons (Fsp3) is 0.364. The summed E-state index contributed by atoms with van der Waals surface area (Å²) in [6.45, 7) is 6.70. The van der Waals surface area contributed by atoms with Crippen LogP contribution in [0, 0.1) is 6.92 Å². The van der Waals surface area contributed by atoms with E-state index in [4.69, 9.17) is 0 Å². The number of carbonyl (C=O) groups is 2. The van der Waals surface area contributed by atoms with Crippen LogP contribution in [-0.4, -0.2) is 35.1 Å². The van der Waals surface area contributed by atoms with Gasteiger partial charge in [-0.2, -0.15) is 0 Å². The van der Waals surface area contributed by atoms with Crippen LogP contribution in [0.5, 0.6) is 0 Å². The molecule has 0 radical (unpaired) electrons. The lowest BCUT2D eigenvalue weighted by molar-refractivity contribution is -0.138. The molecule has 150 valence electrons. The maximum Gasteiger partial charge on any atom is 0.242 e. The number of carbonyl (C=O) groups excluding carboxylic acids is 2. The number of aryl methyl sites for hydroxylation is 1. The summed E-state index contributed by atoms with van der Waals surface area (Å²) in [6.07, 6.45) is 0. The zero-order valence-electron chi connectivity index (χ0n) is 16.6. The van der Waals surface area contributed by atoms with E-state index in [1.807, 2.05) is 43.3 Å². The van der Waals surface area contributed by atoms with Crippen molar-refractivity contribution in [1.29, 1.82) is 0 Å². The Kier molecular flexibility index (Phi) is 9.06. The third kappa shape index (κ3) is 6.67. The molecule has 0 aromatic heterocycles. The first-order chi connectivity index (χ1) is 13.4. The molecule has 1 N–H and O–H groups in total. The van der Waals surface area contributed by atoms with Crippen LogP contribution < -0.4 is 5.32 Å². The van der Waals surface area contributed by atoms with Crippen LogP contribution in [0.4, 0.5) is 0 Å². The largest absolute Gasteiger partial charge is 0.355 e. The first kappa shape index (κ1) is 22.5. The molecule has 2 amide bonds. The van der Waals surface area contributed by atoms with Gasteiger partial charge in [-0.05, 0) is 49.6 Å². The van der Waals surface area contributed by atoms with Gasteiger partial charge in [0, 0.05) is 23.3 Å². The summed E-state index contributed by atoms with van der Waals surface area (Å²) < 4.78 is 0.986. The Morgan fingerprint density at radius 3 is 2.46 bits per heavy atom. The highest BCUT2D eigenvalue weighted by molar-refractivity contribution is 9.10. The zero-order chi connectivity index (χ0) is 20.5. The fourth-order valence-electron chi connectivity index (χ4n) is 2.79. The minimum Gasteiger partial charge on any atom is -0.355 e. The third-order valence-corrected chi connectivity index (χ3v) is 6.02. The van der Waals surface area contributed by atoms with E-state index in [1.54, 1.807) is 23.6 Å². The standard InChI is InChI=1S/C22H27BrN2O2S/c1-4-24-22(27)17(3)25(13-18-9-11-20(23)12-10-18)21(26)15-28-14-19-8-6-5-7-16(19)2/h5-12,17H,4,13-15H2,1-3H3,(H,24,27). The van der Waals surface area contributed by atoms with Gasteiger partial charge in [-0.25, -0.2) is 0 Å². The predicted octanol–water partition coefficient (Wildman–Crippen LogP) is 4.54. The summed E-state index contributed by atoms with van der Waals surface area (Å²) in [5.41, 5.74) is 3.46. The normalized spacial score (nSPS) is 11.7. The fourth-order valence-corrected chi connectivity index (χ4v) is 4.04. The van der Waals surface area contributed by atoms with Crippen LogP contribution in [0.1, 0.15) is 30.5 Å². The summed E-state index contributed by atoms with van der Waals surface area (Å²) in [7, 11) is 0. The topological polar surface area (TPSA) is 49.4 Å². The Labute approximate surface area is 180 Å². The molecule has 1 unspecified atom stereocenters. The van der Waals surface area contributed by atoms with Crippen molar-refractivity contribution in [2.24, 2.45) is 0 Å². The summed E-state index contributed by atoms with van der Waals surface area (Å²) >= 11 is 5.01. The Balaban J connectivity index is 2.05. The molecule has 0 fully saturated rings. The summed E-state index contributed by atoms with van der Waals surface area (Å²) in [4.78, 5) is 27.0. The highest BCUT2D eigenvalue weighted by Gasteiger charge is 2.25. The number of thioether (sulfide) groups is 1. The number of hydrogen-bond acceptors (Lipinski definition) is 3. The van der Waals surface area contributed by atoms with Crippen LogP contribution in [0.2, 0.25) is 0 Å². The minimum absolute atomic E-state index is 0.0275. The van der Waals surface area contributed by atoms with Crippen molar-refractivity contribution in [3.63, 3.8) is 0 Å². The third-order valence-electron chi connectivity index (χ3n) is 4.53. The Hall–Kier alpha value is -1.79. The van der Waals surface area contributed by atoms with Crippen LogP contribution in [0.25, 0.3) is 0 Å². The second-order valence-corrected chi connectivity index (χ2v) is 8.54. The lowest BCUT2D eigenvalue weighted by atomic mass is 10.1. The van der Waals surface area contributed by atoms with Crippen molar-refractivity contribution < 1.29 is 9.59 Å². The average molecular weight is 463 g/mol. The van der Waals surface area contributed by atoms with E-state index >= 15 is 0 Å². The first-order valence-electron chi connectivity index (χ1n) is 9.36. The molecule has 0 heterocycles. The first-order valence-corrected chi connectivity index (χ1v) is 11.3. The van der Waals surface area contributed by atoms with Crippen molar-refractivity contribution in [3.05, 3.63) is 69.7 Å². The average Bonchev–Trinajstić information content (AvgIpc) is 2.68. The summed E-state index contributed by atoms with van der Waals surface area (Å²) in [5, 5.41) is 2.82. The van der Waals surface area contributed by atoms with E-state index in [2.05, 4.69) is 40.3 Å². The number of amides is 2. The van der Waals surface area contributed by atoms with Gasteiger partial charge in [-0.1, -0.05) is 52.3 Å². The smallest absolute Gasteiger partial charge is 0.242 e. The SMILES string of the molecule is CCNC(=O)C(C)N(Cc1ccc(Br)cc1)C(=O)CSCc1ccccc1C. The molecule has 0 bridgehead atoms. The molecule has 0 saturated heterocycles. The Morgan fingerprint density at radius 2 is 1.82 bits per heavy atom. The van der Waals surface area contributed by atoms with Gasteiger partial charge < -0.3 is 10.2 Å². The molecule has 6 heteroatoms. The Bertz CT molecular complexity index is 795. The molecule has 2 aromatic rings. The number of nitrogens with one attached hydrogen (secondary N) is 1. The summed E-state index contributed by atoms with van der Waals surface area (Å²) in [6, 6.07) is 15.5. The summed E-state index contributed by atoms with van der Waals surface area (Å²) in [5.74, 6) is 0.964. The minimum atomic E-state index is -0.518. The van der Waals surface area contributed by atoms with Gasteiger partial charge in [-0.15, -0.1) is 11.8 Å². The number of nitrogens with zero attached hydrogens (tertiary/aromatic N) is 1. The van der Waals surface area contributed by atoms with E-state index in [0.717, 1.165) is 15.8 Å². The molecule has 28 heavy (non-hydrogen) atoms. The molecular formula is C22H27BrN2O2S. The maximum atomic E-state index is 13.0. The van der Waals surface area contributed by atoms with Crippen LogP contribution in [-0.2, 0) is 21.9 Å². The van der Waals surface area contributed by atoms with Crippen molar-refractivity contribution >= 4 is 39.5 Å². The van der Waals surface area contributed by atoms with Gasteiger partial charge in [0.1, 0.15) is 6.04 Å². The van der Waals surface area contributed by atoms with Gasteiger partial charge in [0.05, 0.1) is 5.75 Å². The molecule has 0 saturated carbocycles. The van der Waals surface area contributed by atoms with Crippen LogP contribution in [0.3, 0.4) is 0 Å². The van der Waals surface area contributed by atoms with Crippen molar-refractivity contribution in [2.75, 3.05) is 12.3 Å². The van der Waals surface area contributed by atoms with Gasteiger partial charge in [0.2, 0.25) is 11.8 Å². The number of rotatable bonds is 9. The maximum absolute atomic E-state index is 13.0. The highest BCUT2D eigenvalue weighted by atomic mass is 79.9. The predicted molar refractivity (Wildman–Crippen MR) is 120 cm³/mol. The molecule has 4 nitrogen and oxygen atoms in total. The van der Waals surface area contributed by atoms with E-state index in [1.165, 1.54) is 11.1 Å². The second kappa shape index (κ2) is 11.3. The molecule has 0 aliphatic rings. The molecule has 0 spiro atoms. The highest BCUT2D eigenvalue weighted by Crippen LogP contribution is 2.19. The molecule has 0 aliphatic carbocycles. The monoisotopic (exact) mass is 462 g/mol. The Morgan fingerprint density at radius 1 is 1.14 bits per heavy atom. The molecule has 0 aliphatic heterocycles. The molecule has 1 atom stereocenters. The number of likely N-dealkylation sites (N-methyl/N-ethyl adjacent to an activating group) is 1. The zero-order valence-corrected chi connectivity index (χ0v) is 19.0.